The summed E-state index contributed by atoms with van der Waals surface area (Å²) in [5, 5.41) is 11.1. The highest BCUT2D eigenvalue weighted by molar-refractivity contribution is 7.27. The minimum absolute atomic E-state index is 0.230. The molecular weight excluding hydrogens is 933 g/mol. The van der Waals surface area contributed by atoms with Crippen molar-refractivity contribution >= 4 is 114 Å². The Hall–Kier alpha value is -8.90. The number of hydrogen-bond acceptors (Lipinski definition) is 5. The van der Waals surface area contributed by atoms with Crippen LogP contribution >= 0.6 is 11.3 Å². The van der Waals surface area contributed by atoms with Gasteiger partial charge in [-0.05, 0) is 107 Å². The first-order chi connectivity index (χ1) is 37.0. The number of anilines is 4. The van der Waals surface area contributed by atoms with E-state index in [1.165, 1.54) is 58.2 Å². The molecular formula is C70H50N2O2S. The molecule has 0 saturated carbocycles. The van der Waals surface area contributed by atoms with E-state index in [-0.39, 0.29) is 5.41 Å². The van der Waals surface area contributed by atoms with E-state index in [0.717, 1.165) is 91.4 Å². The number of nitrogens with zero attached hydrogens (tertiary/aromatic N) is 2. The maximum atomic E-state index is 6.77. The maximum absolute atomic E-state index is 6.77. The molecule has 358 valence electrons. The fraction of sp³-hybridized carbons (Fsp3) is 0.0857. The van der Waals surface area contributed by atoms with Gasteiger partial charge in [-0.1, -0.05) is 190 Å². The summed E-state index contributed by atoms with van der Waals surface area (Å²) in [7, 11) is 0. The monoisotopic (exact) mass is 982 g/mol. The number of para-hydroxylation sites is 5. The van der Waals surface area contributed by atoms with Gasteiger partial charge in [-0.15, -0.1) is 11.3 Å². The summed E-state index contributed by atoms with van der Waals surface area (Å²) in [6, 6.07) is 76.9. The van der Waals surface area contributed by atoms with Crippen LogP contribution in [-0.2, 0) is 11.8 Å². The maximum Gasteiger partial charge on any atom is 0.159 e. The van der Waals surface area contributed by atoms with Crippen molar-refractivity contribution in [1.82, 2.24) is 0 Å². The van der Waals surface area contributed by atoms with E-state index in [2.05, 4.69) is 254 Å². The van der Waals surface area contributed by atoms with Crippen molar-refractivity contribution in [3.05, 3.63) is 259 Å². The summed E-state index contributed by atoms with van der Waals surface area (Å²) < 4.78 is 16.0. The van der Waals surface area contributed by atoms with Crippen LogP contribution in [0.25, 0.3) is 91.4 Å². The topological polar surface area (TPSA) is 32.8 Å². The van der Waals surface area contributed by atoms with Gasteiger partial charge in [0.15, 0.2) is 11.3 Å². The van der Waals surface area contributed by atoms with Gasteiger partial charge in [0.2, 0.25) is 0 Å². The number of furan rings is 2. The average Bonchev–Trinajstić information content (AvgIpc) is 4.20. The van der Waals surface area contributed by atoms with Crippen LogP contribution in [0.1, 0.15) is 37.2 Å². The highest BCUT2D eigenvalue weighted by Crippen LogP contribution is 2.51. The van der Waals surface area contributed by atoms with Crippen molar-refractivity contribution in [2.24, 2.45) is 5.92 Å². The van der Waals surface area contributed by atoms with Gasteiger partial charge in [0.25, 0.3) is 0 Å². The molecule has 75 heavy (non-hydrogen) atoms. The molecule has 10 aromatic carbocycles. The predicted octanol–water partition coefficient (Wildman–Crippen LogP) is 20.0. The highest BCUT2D eigenvalue weighted by Gasteiger charge is 2.33. The molecule has 2 aliphatic rings. The van der Waals surface area contributed by atoms with Crippen LogP contribution < -0.4 is 9.80 Å². The smallest absolute Gasteiger partial charge is 0.159 e. The second kappa shape index (κ2) is 17.1. The molecule has 0 radical (unpaired) electrons. The lowest BCUT2D eigenvalue weighted by Gasteiger charge is -2.35. The molecule has 2 aliphatic carbocycles. The van der Waals surface area contributed by atoms with Crippen molar-refractivity contribution in [3.63, 3.8) is 0 Å². The first kappa shape index (κ1) is 43.7. The Morgan fingerprint density at radius 3 is 2.03 bits per heavy atom. The zero-order chi connectivity index (χ0) is 49.8. The van der Waals surface area contributed by atoms with E-state index < -0.39 is 0 Å². The number of benzene rings is 10. The predicted molar refractivity (Wildman–Crippen MR) is 317 cm³/mol. The average molecular weight is 983 g/mol. The van der Waals surface area contributed by atoms with Gasteiger partial charge in [-0.25, -0.2) is 0 Å². The van der Waals surface area contributed by atoms with Crippen LogP contribution in [0, 0.1) is 5.92 Å². The summed E-state index contributed by atoms with van der Waals surface area (Å²) in [5.41, 5.74) is 13.9. The fourth-order valence-electron chi connectivity index (χ4n) is 12.3. The molecule has 4 nitrogen and oxygen atoms in total. The Kier molecular flexibility index (Phi) is 9.95. The SMILES string of the molecule is CC1C=C(N(C2=CCC(C)(c3ccc4c(c3)c3ccccc3c3c5ccc(N(c6ccccc6-c6ccccc6)c6cccc7c6oc6ccccc67)cc5sc43)C=C2)c2ccccc2)c2oc3ccccc3c2C1. The molecule has 0 saturated heterocycles. The number of fused-ring (bicyclic) bond motifs is 14. The van der Waals surface area contributed by atoms with E-state index >= 15 is 0 Å². The van der Waals surface area contributed by atoms with Gasteiger partial charge in [0, 0.05) is 75.3 Å². The number of rotatable bonds is 8. The lowest BCUT2D eigenvalue weighted by Crippen LogP contribution is -2.27. The molecule has 2 unspecified atom stereocenters. The third-order valence-corrected chi connectivity index (χ3v) is 17.2. The molecule has 5 heteroatoms. The van der Waals surface area contributed by atoms with Crippen LogP contribution in [-0.4, -0.2) is 0 Å². The van der Waals surface area contributed by atoms with E-state index in [9.17, 15) is 0 Å². The molecule has 3 aromatic heterocycles. The Balaban J connectivity index is 0.849. The number of hydrogen-bond donors (Lipinski definition) is 0. The largest absolute Gasteiger partial charge is 0.454 e. The normalized spacial score (nSPS) is 16.6. The lowest BCUT2D eigenvalue weighted by molar-refractivity contribution is 0.573. The van der Waals surface area contributed by atoms with Crippen molar-refractivity contribution in [3.8, 4) is 11.1 Å². The van der Waals surface area contributed by atoms with Crippen LogP contribution in [0.2, 0.25) is 0 Å². The summed E-state index contributed by atoms with van der Waals surface area (Å²) >= 11 is 1.90. The molecule has 13 aromatic rings. The van der Waals surface area contributed by atoms with E-state index in [1.807, 2.05) is 17.4 Å². The summed E-state index contributed by atoms with van der Waals surface area (Å²) in [6.07, 6.45) is 11.4. The molecule has 0 aliphatic heterocycles. The third-order valence-electron chi connectivity index (χ3n) is 16.0. The quantitative estimate of drug-likeness (QED) is 0.142. The Bertz CT molecular complexity index is 4530. The summed E-state index contributed by atoms with van der Waals surface area (Å²) in [5.74, 6) is 1.33. The zero-order valence-electron chi connectivity index (χ0n) is 41.6. The van der Waals surface area contributed by atoms with Crippen LogP contribution in [0.3, 0.4) is 0 Å². The van der Waals surface area contributed by atoms with Gasteiger partial charge >= 0.3 is 0 Å². The molecule has 3 heterocycles. The van der Waals surface area contributed by atoms with E-state index in [4.69, 9.17) is 8.83 Å². The standard InChI is InChI=1S/C70H50N2O2S/c1-44-40-59-53-25-13-16-31-64(53)74-68(59)62(41-44)71(47-20-7-4-8-21-47)48-36-38-70(2,39-37-48)46-32-34-56-58(42-46)51-23-9-10-26-54(51)66-57-35-33-49(43-65(57)75-69(56)66)72(60-28-14-11-22-50(60)45-18-5-3-6-19-45)61-29-17-27-55-52-24-12-15-30-63(52)73-67(55)61/h3-38,41-44H,39-40H2,1-2H3. The molecule has 0 spiro atoms. The Morgan fingerprint density at radius 1 is 0.533 bits per heavy atom. The second-order valence-electron chi connectivity index (χ2n) is 20.7. The Labute approximate surface area is 439 Å². The van der Waals surface area contributed by atoms with Crippen molar-refractivity contribution < 1.29 is 8.83 Å². The van der Waals surface area contributed by atoms with Crippen LogP contribution in [0.15, 0.2) is 251 Å². The summed E-state index contributed by atoms with van der Waals surface area (Å²) in [4.78, 5) is 4.81. The van der Waals surface area contributed by atoms with Gasteiger partial charge in [0.1, 0.15) is 11.2 Å². The zero-order valence-corrected chi connectivity index (χ0v) is 42.4. The number of thiophene rings is 1. The molecule has 15 rings (SSSR count). The van der Waals surface area contributed by atoms with Gasteiger partial charge in [-0.2, -0.15) is 0 Å². The van der Waals surface area contributed by atoms with Crippen LogP contribution in [0.5, 0.6) is 0 Å². The highest BCUT2D eigenvalue weighted by atomic mass is 32.1. The first-order valence-electron chi connectivity index (χ1n) is 26.1. The lowest BCUT2D eigenvalue weighted by atomic mass is 9.76. The molecule has 0 bridgehead atoms. The third kappa shape index (κ3) is 6.95. The molecule has 0 N–H and O–H groups in total. The van der Waals surface area contributed by atoms with E-state index in [1.54, 1.807) is 0 Å². The van der Waals surface area contributed by atoms with Crippen molar-refractivity contribution in [2.45, 2.75) is 32.1 Å². The fourth-order valence-corrected chi connectivity index (χ4v) is 13.6. The summed E-state index contributed by atoms with van der Waals surface area (Å²) in [6.45, 7) is 4.70. The van der Waals surface area contributed by atoms with Crippen molar-refractivity contribution in [1.29, 1.82) is 0 Å². The molecule has 0 fully saturated rings. The second-order valence-corrected chi connectivity index (χ2v) is 21.7. The van der Waals surface area contributed by atoms with Gasteiger partial charge in [0.05, 0.1) is 17.1 Å². The minimum atomic E-state index is -0.230. The van der Waals surface area contributed by atoms with Crippen LogP contribution in [0.4, 0.5) is 22.7 Å². The molecule has 0 amide bonds. The van der Waals surface area contributed by atoms with Gasteiger partial charge < -0.3 is 18.6 Å². The Morgan fingerprint density at radius 2 is 1.21 bits per heavy atom. The van der Waals surface area contributed by atoms with E-state index in [0.29, 0.717) is 5.92 Å². The van der Waals surface area contributed by atoms with Crippen molar-refractivity contribution in [2.75, 3.05) is 9.80 Å². The van der Waals surface area contributed by atoms with Gasteiger partial charge in [-0.3, -0.25) is 0 Å². The molecule has 2 atom stereocenters. The number of allylic oxidation sites excluding steroid dienone is 4. The first-order valence-corrected chi connectivity index (χ1v) is 26.9. The minimum Gasteiger partial charge on any atom is -0.454 e.